The van der Waals surface area contributed by atoms with Gasteiger partial charge in [-0.3, -0.25) is 9.59 Å². The summed E-state index contributed by atoms with van der Waals surface area (Å²) in [5.41, 5.74) is -0.477. The fraction of sp³-hybridized carbons (Fsp3) is 0.529. The first-order valence-electron chi connectivity index (χ1n) is 7.34. The van der Waals surface area contributed by atoms with E-state index in [4.69, 9.17) is 0 Å². The van der Waals surface area contributed by atoms with Crippen molar-refractivity contribution in [3.63, 3.8) is 0 Å². The molecule has 21 heavy (non-hydrogen) atoms. The predicted molar refractivity (Wildman–Crippen MR) is 86.0 cm³/mol. The molecule has 1 amide bonds. The van der Waals surface area contributed by atoms with Crippen LogP contribution in [0, 0.1) is 16.2 Å². The highest BCUT2D eigenvalue weighted by atomic mass is 79.9. The summed E-state index contributed by atoms with van der Waals surface area (Å²) in [7, 11) is 0. The van der Waals surface area contributed by atoms with Crippen LogP contribution in [0.25, 0.3) is 0 Å². The average molecular weight is 350 g/mol. The van der Waals surface area contributed by atoms with E-state index in [-0.39, 0.29) is 22.5 Å². The van der Waals surface area contributed by atoms with Gasteiger partial charge in [0.2, 0.25) is 5.91 Å². The highest BCUT2D eigenvalue weighted by molar-refractivity contribution is 9.10. The molecule has 0 radical (unpaired) electrons. The number of carbonyl (C=O) groups excluding carboxylic acids is 2. The molecular formula is C17H20BrNO2. The van der Waals surface area contributed by atoms with Crippen LogP contribution in [0.3, 0.4) is 0 Å². The zero-order valence-electron chi connectivity index (χ0n) is 12.6. The third-order valence-corrected chi connectivity index (χ3v) is 6.95. The molecule has 2 aliphatic rings. The summed E-state index contributed by atoms with van der Waals surface area (Å²) in [4.78, 5) is 25.4. The number of halogens is 1. The molecule has 3 rings (SSSR count). The largest absolute Gasteiger partial charge is 0.325 e. The van der Waals surface area contributed by atoms with Crippen molar-refractivity contribution >= 4 is 33.3 Å². The lowest BCUT2D eigenvalue weighted by Gasteiger charge is -2.38. The van der Waals surface area contributed by atoms with Gasteiger partial charge in [-0.05, 0) is 46.3 Å². The molecule has 0 spiro atoms. The third-order valence-electron chi connectivity index (χ3n) is 6.26. The number of para-hydroxylation sites is 1. The molecule has 2 saturated carbocycles. The highest BCUT2D eigenvalue weighted by Gasteiger charge is 2.72. The standard InChI is InChI=1S/C17H20BrNO2/c1-15(2)16(3)8-9-17(15,10-13(16)20)14(21)19-12-7-5-4-6-11(12)18/h4-7H,8-10H2,1-3H3,(H,19,21). The highest BCUT2D eigenvalue weighted by Crippen LogP contribution is 2.70. The molecule has 1 N–H and O–H groups in total. The fourth-order valence-electron chi connectivity index (χ4n) is 4.17. The summed E-state index contributed by atoms with van der Waals surface area (Å²) >= 11 is 3.45. The van der Waals surface area contributed by atoms with Gasteiger partial charge in [0.25, 0.3) is 0 Å². The molecule has 112 valence electrons. The number of anilines is 1. The smallest absolute Gasteiger partial charge is 0.231 e. The van der Waals surface area contributed by atoms with Crippen molar-refractivity contribution in [1.82, 2.24) is 0 Å². The summed E-state index contributed by atoms with van der Waals surface area (Å²) < 4.78 is 0.859. The predicted octanol–water partition coefficient (Wildman–Crippen LogP) is 4.17. The first-order valence-corrected chi connectivity index (χ1v) is 8.13. The lowest BCUT2D eigenvalue weighted by molar-refractivity contribution is -0.131. The van der Waals surface area contributed by atoms with Gasteiger partial charge >= 0.3 is 0 Å². The summed E-state index contributed by atoms with van der Waals surface area (Å²) in [6.07, 6.45) is 1.97. The van der Waals surface area contributed by atoms with Crippen LogP contribution in [0.2, 0.25) is 0 Å². The van der Waals surface area contributed by atoms with Gasteiger partial charge in [-0.25, -0.2) is 0 Å². The van der Waals surface area contributed by atoms with Crippen molar-refractivity contribution in [3.8, 4) is 0 Å². The molecule has 1 aromatic rings. The van der Waals surface area contributed by atoms with Gasteiger partial charge in [-0.15, -0.1) is 0 Å². The third kappa shape index (κ3) is 1.71. The maximum absolute atomic E-state index is 13.0. The number of nitrogens with one attached hydrogen (secondary N) is 1. The summed E-state index contributed by atoms with van der Waals surface area (Å²) in [5, 5.41) is 3.03. The van der Waals surface area contributed by atoms with Crippen LogP contribution in [0.1, 0.15) is 40.0 Å². The molecule has 4 heteroatoms. The van der Waals surface area contributed by atoms with Crippen LogP contribution < -0.4 is 5.32 Å². The molecule has 3 nitrogen and oxygen atoms in total. The minimum Gasteiger partial charge on any atom is -0.325 e. The molecule has 2 fully saturated rings. The SMILES string of the molecule is CC12CCC(C(=O)Nc3ccccc3Br)(CC1=O)C2(C)C. The van der Waals surface area contributed by atoms with Gasteiger partial charge in [0.05, 0.1) is 11.1 Å². The van der Waals surface area contributed by atoms with Crippen molar-refractivity contribution in [2.45, 2.75) is 40.0 Å². The van der Waals surface area contributed by atoms with E-state index in [1.807, 2.05) is 31.2 Å². The molecule has 2 aliphatic carbocycles. The van der Waals surface area contributed by atoms with Crippen molar-refractivity contribution < 1.29 is 9.59 Å². The quantitative estimate of drug-likeness (QED) is 0.870. The number of benzene rings is 1. The summed E-state index contributed by atoms with van der Waals surface area (Å²) in [6, 6.07) is 7.57. The van der Waals surface area contributed by atoms with Crippen molar-refractivity contribution in [1.29, 1.82) is 0 Å². The van der Waals surface area contributed by atoms with Crippen LogP contribution in [-0.4, -0.2) is 11.7 Å². The van der Waals surface area contributed by atoms with Crippen molar-refractivity contribution in [2.75, 3.05) is 5.32 Å². The van der Waals surface area contributed by atoms with Gasteiger partial charge in [0, 0.05) is 16.3 Å². The molecule has 0 saturated heterocycles. The number of Topliss-reactive ketones (excluding diaryl/α,β-unsaturated/α-hetero) is 1. The number of ketones is 1. The second-order valence-electron chi connectivity index (χ2n) is 7.07. The molecule has 0 aromatic heterocycles. The van der Waals surface area contributed by atoms with Crippen LogP contribution in [0.4, 0.5) is 5.69 Å². The lowest BCUT2D eigenvalue weighted by Crippen LogP contribution is -2.43. The molecule has 2 unspecified atom stereocenters. The average Bonchev–Trinajstić information content (AvgIpc) is 2.72. The van der Waals surface area contributed by atoms with Gasteiger partial charge in [-0.1, -0.05) is 32.9 Å². The Labute approximate surface area is 133 Å². The Balaban J connectivity index is 1.96. The number of carbonyl (C=O) groups is 2. The molecule has 2 atom stereocenters. The second kappa shape index (κ2) is 4.42. The summed E-state index contributed by atoms with van der Waals surface area (Å²) in [5.74, 6) is 0.218. The first kappa shape index (κ1) is 14.8. The fourth-order valence-corrected chi connectivity index (χ4v) is 4.55. The number of amides is 1. The minimum absolute atomic E-state index is 0.0195. The number of hydrogen-bond donors (Lipinski definition) is 1. The van der Waals surface area contributed by atoms with E-state index in [1.54, 1.807) is 0 Å². The molecule has 0 aliphatic heterocycles. The van der Waals surface area contributed by atoms with E-state index >= 15 is 0 Å². The van der Waals surface area contributed by atoms with E-state index in [1.165, 1.54) is 0 Å². The van der Waals surface area contributed by atoms with Gasteiger partial charge in [-0.2, -0.15) is 0 Å². The first-order chi connectivity index (χ1) is 9.74. The normalized spacial score (nSPS) is 33.2. The second-order valence-corrected chi connectivity index (χ2v) is 7.93. The van der Waals surface area contributed by atoms with Gasteiger partial charge in [0.1, 0.15) is 5.78 Å². The Morgan fingerprint density at radius 2 is 1.86 bits per heavy atom. The molecular weight excluding hydrogens is 330 g/mol. The minimum atomic E-state index is -0.575. The van der Waals surface area contributed by atoms with Gasteiger partial charge < -0.3 is 5.32 Å². The summed E-state index contributed by atoms with van der Waals surface area (Å²) in [6.45, 7) is 6.17. The van der Waals surface area contributed by atoms with E-state index < -0.39 is 5.41 Å². The van der Waals surface area contributed by atoms with E-state index in [2.05, 4.69) is 35.1 Å². The van der Waals surface area contributed by atoms with Crippen LogP contribution >= 0.6 is 15.9 Å². The molecule has 2 bridgehead atoms. The van der Waals surface area contributed by atoms with Crippen LogP contribution in [0.15, 0.2) is 28.7 Å². The van der Waals surface area contributed by atoms with Crippen molar-refractivity contribution in [3.05, 3.63) is 28.7 Å². The maximum Gasteiger partial charge on any atom is 0.231 e. The topological polar surface area (TPSA) is 46.2 Å². The number of rotatable bonds is 2. The Bertz CT molecular complexity index is 639. The number of hydrogen-bond acceptors (Lipinski definition) is 2. The van der Waals surface area contributed by atoms with Crippen LogP contribution in [-0.2, 0) is 9.59 Å². The van der Waals surface area contributed by atoms with Crippen LogP contribution in [0.5, 0.6) is 0 Å². The Hall–Kier alpha value is -1.16. The molecule has 1 aromatic carbocycles. The zero-order chi connectivity index (χ0) is 15.5. The van der Waals surface area contributed by atoms with E-state index in [0.717, 1.165) is 23.0 Å². The number of fused-ring (bicyclic) bond motifs is 2. The lowest BCUT2D eigenvalue weighted by atomic mass is 9.64. The maximum atomic E-state index is 13.0. The Kier molecular flexibility index (Phi) is 3.11. The Morgan fingerprint density at radius 3 is 2.38 bits per heavy atom. The molecule has 0 heterocycles. The monoisotopic (exact) mass is 349 g/mol. The van der Waals surface area contributed by atoms with E-state index in [0.29, 0.717) is 6.42 Å². The zero-order valence-corrected chi connectivity index (χ0v) is 14.2. The van der Waals surface area contributed by atoms with Crippen molar-refractivity contribution in [2.24, 2.45) is 16.2 Å². The Morgan fingerprint density at radius 1 is 1.19 bits per heavy atom. The van der Waals surface area contributed by atoms with E-state index in [9.17, 15) is 9.59 Å². The van der Waals surface area contributed by atoms with Gasteiger partial charge in [0.15, 0.2) is 0 Å².